The molecule has 1 aromatic carbocycles. The number of hydrogen-bond donors (Lipinski definition) is 0. The summed E-state index contributed by atoms with van der Waals surface area (Å²) in [4.78, 5) is 23.4. The molecule has 1 atom stereocenters. The van der Waals surface area contributed by atoms with Gasteiger partial charge in [-0.25, -0.2) is 4.98 Å². The average Bonchev–Trinajstić information content (AvgIpc) is 3.37. The maximum atomic E-state index is 12.3. The van der Waals surface area contributed by atoms with E-state index < -0.39 is 0 Å². The van der Waals surface area contributed by atoms with Crippen LogP contribution in [-0.2, 0) is 4.79 Å². The number of aryl methyl sites for hydroxylation is 1. The molecule has 6 nitrogen and oxygen atoms in total. The summed E-state index contributed by atoms with van der Waals surface area (Å²) in [6.45, 7) is 3.45. The molecule has 1 saturated heterocycles. The van der Waals surface area contributed by atoms with Crippen molar-refractivity contribution in [1.29, 1.82) is 0 Å². The second kappa shape index (κ2) is 6.94. The van der Waals surface area contributed by atoms with E-state index in [2.05, 4.69) is 9.97 Å². The highest BCUT2D eigenvalue weighted by molar-refractivity contribution is 5.81. The lowest BCUT2D eigenvalue weighted by Gasteiger charge is -2.16. The highest BCUT2D eigenvalue weighted by Crippen LogP contribution is 2.35. The van der Waals surface area contributed by atoms with Gasteiger partial charge in [0, 0.05) is 36.7 Å². The van der Waals surface area contributed by atoms with Gasteiger partial charge < -0.3 is 14.4 Å². The van der Waals surface area contributed by atoms with Crippen molar-refractivity contribution in [1.82, 2.24) is 14.9 Å². The van der Waals surface area contributed by atoms with Gasteiger partial charge in [-0.2, -0.15) is 4.98 Å². The van der Waals surface area contributed by atoms with E-state index >= 15 is 0 Å². The summed E-state index contributed by atoms with van der Waals surface area (Å²) >= 11 is 0. The van der Waals surface area contributed by atoms with Crippen LogP contribution in [-0.4, -0.2) is 41.0 Å². The molecular weight excluding hydrogens is 330 g/mol. The molecule has 2 aromatic rings. The molecule has 1 saturated carbocycles. The summed E-state index contributed by atoms with van der Waals surface area (Å²) in [5.41, 5.74) is 0.866. The topological polar surface area (TPSA) is 64.6 Å². The third-order valence-electron chi connectivity index (χ3n) is 4.92. The average molecular weight is 353 g/mol. The standard InChI is InChI=1S/C20H23N3O3/c1-13-11-18(26-17-7-5-16(25-2)6-8-17)22-19(21-13)15-9-10-23(12-15)20(24)14-3-4-14/h5-8,11,14-15H,3-4,9-10,12H2,1-2H3/t15-/m0/s1. The number of rotatable bonds is 5. The predicted molar refractivity (Wildman–Crippen MR) is 96.5 cm³/mol. The smallest absolute Gasteiger partial charge is 0.225 e. The molecule has 1 aliphatic heterocycles. The number of hydrogen-bond acceptors (Lipinski definition) is 5. The summed E-state index contributed by atoms with van der Waals surface area (Å²) in [5, 5.41) is 0. The molecule has 6 heteroatoms. The van der Waals surface area contributed by atoms with Crippen molar-refractivity contribution in [3.63, 3.8) is 0 Å². The lowest BCUT2D eigenvalue weighted by molar-refractivity contribution is -0.131. The largest absolute Gasteiger partial charge is 0.497 e. The maximum absolute atomic E-state index is 12.3. The van der Waals surface area contributed by atoms with Crippen LogP contribution >= 0.6 is 0 Å². The summed E-state index contributed by atoms with van der Waals surface area (Å²) in [5.74, 6) is 3.52. The molecule has 0 radical (unpaired) electrons. The number of aromatic nitrogens is 2. The third kappa shape index (κ3) is 3.64. The van der Waals surface area contributed by atoms with Gasteiger partial charge in [-0.15, -0.1) is 0 Å². The minimum absolute atomic E-state index is 0.177. The first-order valence-electron chi connectivity index (χ1n) is 9.08. The first-order valence-corrected chi connectivity index (χ1v) is 9.08. The van der Waals surface area contributed by atoms with E-state index in [9.17, 15) is 4.79 Å². The van der Waals surface area contributed by atoms with Gasteiger partial charge in [0.1, 0.15) is 17.3 Å². The number of amides is 1. The molecule has 2 aliphatic rings. The second-order valence-electron chi connectivity index (χ2n) is 7.03. The van der Waals surface area contributed by atoms with E-state index in [-0.39, 0.29) is 11.8 Å². The van der Waals surface area contributed by atoms with Crippen molar-refractivity contribution in [2.45, 2.75) is 32.1 Å². The van der Waals surface area contributed by atoms with Crippen LogP contribution in [0.15, 0.2) is 30.3 Å². The molecule has 136 valence electrons. The molecule has 0 unspecified atom stereocenters. The van der Waals surface area contributed by atoms with Gasteiger partial charge in [0.25, 0.3) is 0 Å². The molecule has 2 fully saturated rings. The van der Waals surface area contributed by atoms with Crippen LogP contribution in [0.25, 0.3) is 0 Å². The lowest BCUT2D eigenvalue weighted by Crippen LogP contribution is -2.29. The van der Waals surface area contributed by atoms with Crippen LogP contribution in [0.4, 0.5) is 0 Å². The first-order chi connectivity index (χ1) is 12.6. The van der Waals surface area contributed by atoms with E-state index in [0.29, 0.717) is 24.1 Å². The van der Waals surface area contributed by atoms with Crippen LogP contribution in [0.2, 0.25) is 0 Å². The van der Waals surface area contributed by atoms with Gasteiger partial charge in [-0.05, 0) is 50.5 Å². The molecule has 0 N–H and O–H groups in total. The number of nitrogens with zero attached hydrogens (tertiary/aromatic N) is 3. The number of carbonyl (C=O) groups is 1. The fourth-order valence-electron chi connectivity index (χ4n) is 3.32. The minimum atomic E-state index is 0.177. The third-order valence-corrected chi connectivity index (χ3v) is 4.92. The molecule has 0 spiro atoms. The predicted octanol–water partition coefficient (Wildman–Crippen LogP) is 3.31. The Morgan fingerprint density at radius 3 is 2.54 bits per heavy atom. The number of carbonyl (C=O) groups excluding carboxylic acids is 1. The summed E-state index contributed by atoms with van der Waals surface area (Å²) < 4.78 is 11.1. The second-order valence-corrected chi connectivity index (χ2v) is 7.03. The summed E-state index contributed by atoms with van der Waals surface area (Å²) in [6.07, 6.45) is 2.99. The van der Waals surface area contributed by atoms with Gasteiger partial charge in [-0.1, -0.05) is 0 Å². The van der Waals surface area contributed by atoms with E-state index in [0.717, 1.165) is 43.1 Å². The summed E-state index contributed by atoms with van der Waals surface area (Å²) in [7, 11) is 1.63. The van der Waals surface area contributed by atoms with Crippen molar-refractivity contribution in [2.75, 3.05) is 20.2 Å². The molecule has 1 aromatic heterocycles. The van der Waals surface area contributed by atoms with Crippen LogP contribution in [0, 0.1) is 12.8 Å². The SMILES string of the molecule is COc1ccc(Oc2cc(C)nc([C@H]3CCN(C(=O)C4CC4)C3)n2)cc1. The zero-order chi connectivity index (χ0) is 18.1. The van der Waals surface area contributed by atoms with Gasteiger partial charge >= 0.3 is 0 Å². The fraction of sp³-hybridized carbons (Fsp3) is 0.450. The zero-order valence-electron chi connectivity index (χ0n) is 15.1. The van der Waals surface area contributed by atoms with Crippen LogP contribution in [0.1, 0.15) is 36.7 Å². The van der Waals surface area contributed by atoms with E-state index in [1.807, 2.05) is 42.2 Å². The highest BCUT2D eigenvalue weighted by atomic mass is 16.5. The van der Waals surface area contributed by atoms with Crippen LogP contribution in [0.5, 0.6) is 17.4 Å². The molecule has 0 bridgehead atoms. The van der Waals surface area contributed by atoms with Crippen molar-refractivity contribution < 1.29 is 14.3 Å². The van der Waals surface area contributed by atoms with Gasteiger partial charge in [0.15, 0.2) is 0 Å². The van der Waals surface area contributed by atoms with E-state index in [4.69, 9.17) is 9.47 Å². The Hall–Kier alpha value is -2.63. The Balaban J connectivity index is 1.48. The molecule has 26 heavy (non-hydrogen) atoms. The maximum Gasteiger partial charge on any atom is 0.225 e. The normalized spacial score (nSPS) is 19.5. The fourth-order valence-corrected chi connectivity index (χ4v) is 3.32. The Kier molecular flexibility index (Phi) is 4.49. The first kappa shape index (κ1) is 16.8. The van der Waals surface area contributed by atoms with Crippen molar-refractivity contribution >= 4 is 5.91 Å². The van der Waals surface area contributed by atoms with E-state index in [1.165, 1.54) is 0 Å². The van der Waals surface area contributed by atoms with Crippen molar-refractivity contribution in [2.24, 2.45) is 5.92 Å². The quantitative estimate of drug-likeness (QED) is 0.825. The van der Waals surface area contributed by atoms with E-state index in [1.54, 1.807) is 7.11 Å². The minimum Gasteiger partial charge on any atom is -0.497 e. The summed E-state index contributed by atoms with van der Waals surface area (Å²) in [6, 6.07) is 9.23. The molecule has 2 heterocycles. The Labute approximate surface area is 153 Å². The number of benzene rings is 1. The van der Waals surface area contributed by atoms with Crippen LogP contribution in [0.3, 0.4) is 0 Å². The van der Waals surface area contributed by atoms with Gasteiger partial charge in [-0.3, -0.25) is 4.79 Å². The molecule has 4 rings (SSSR count). The highest BCUT2D eigenvalue weighted by Gasteiger charge is 2.37. The molecule has 1 aliphatic carbocycles. The zero-order valence-corrected chi connectivity index (χ0v) is 15.1. The van der Waals surface area contributed by atoms with Crippen molar-refractivity contribution in [3.05, 3.63) is 41.9 Å². The van der Waals surface area contributed by atoms with Gasteiger partial charge in [0.2, 0.25) is 11.8 Å². The number of methoxy groups -OCH3 is 1. The molecule has 1 amide bonds. The Bertz CT molecular complexity index is 802. The number of likely N-dealkylation sites (tertiary alicyclic amines) is 1. The van der Waals surface area contributed by atoms with Crippen LogP contribution < -0.4 is 9.47 Å². The Morgan fingerprint density at radius 2 is 1.85 bits per heavy atom. The van der Waals surface area contributed by atoms with Crippen molar-refractivity contribution in [3.8, 4) is 17.4 Å². The monoisotopic (exact) mass is 353 g/mol. The van der Waals surface area contributed by atoms with Gasteiger partial charge in [0.05, 0.1) is 7.11 Å². The lowest BCUT2D eigenvalue weighted by atomic mass is 10.1. The number of ether oxygens (including phenoxy) is 2. The molecular formula is C20H23N3O3. The Morgan fingerprint density at radius 1 is 1.12 bits per heavy atom.